The van der Waals surface area contributed by atoms with Crippen LogP contribution in [0.15, 0.2) is 4.42 Å². The predicted octanol–water partition coefficient (Wildman–Crippen LogP) is 2.60. The Labute approximate surface area is 91.3 Å². The van der Waals surface area contributed by atoms with Crippen LogP contribution in [0.2, 0.25) is 0 Å². The average molecular weight is 211 g/mol. The summed E-state index contributed by atoms with van der Waals surface area (Å²) in [4.78, 5) is 0. The monoisotopic (exact) mass is 211 g/mol. The Balaban J connectivity index is 2.33. The molecule has 4 heteroatoms. The first-order chi connectivity index (χ1) is 7.27. The van der Waals surface area contributed by atoms with Crippen molar-refractivity contribution in [3.63, 3.8) is 0 Å². The molecule has 1 atom stereocenters. The third-order valence-corrected chi connectivity index (χ3v) is 2.48. The zero-order chi connectivity index (χ0) is 11.1. The minimum absolute atomic E-state index is 0.109. The van der Waals surface area contributed by atoms with E-state index in [0.717, 1.165) is 25.2 Å². The molecule has 0 aliphatic carbocycles. The van der Waals surface area contributed by atoms with Crippen molar-refractivity contribution in [2.75, 3.05) is 0 Å². The fourth-order valence-electron chi connectivity index (χ4n) is 1.40. The lowest BCUT2D eigenvalue weighted by atomic mass is 10.1. The Kier molecular flexibility index (Phi) is 5.32. The van der Waals surface area contributed by atoms with E-state index in [2.05, 4.69) is 17.1 Å². The van der Waals surface area contributed by atoms with Gasteiger partial charge in [0, 0.05) is 6.42 Å². The number of nitrogens with zero attached hydrogens (tertiary/aromatic N) is 2. The Morgan fingerprint density at radius 3 is 2.67 bits per heavy atom. The molecule has 1 aromatic rings. The smallest absolute Gasteiger partial charge is 0.233 e. The molecule has 0 aromatic carbocycles. The van der Waals surface area contributed by atoms with Gasteiger partial charge in [0.2, 0.25) is 11.8 Å². The van der Waals surface area contributed by atoms with E-state index >= 15 is 0 Å². The van der Waals surface area contributed by atoms with Gasteiger partial charge in [-0.3, -0.25) is 0 Å². The number of hydrogen-bond donors (Lipinski definition) is 1. The van der Waals surface area contributed by atoms with Crippen LogP contribution in [-0.4, -0.2) is 10.2 Å². The highest BCUT2D eigenvalue weighted by Gasteiger charge is 2.11. The van der Waals surface area contributed by atoms with Crippen molar-refractivity contribution in [2.45, 2.75) is 58.4 Å². The Bertz CT molecular complexity index is 273. The van der Waals surface area contributed by atoms with Crippen molar-refractivity contribution in [3.8, 4) is 0 Å². The van der Waals surface area contributed by atoms with Gasteiger partial charge in [0.05, 0.1) is 6.04 Å². The van der Waals surface area contributed by atoms with Gasteiger partial charge in [-0.1, -0.05) is 33.1 Å². The predicted molar refractivity (Wildman–Crippen MR) is 59.4 cm³/mol. The molecule has 0 spiro atoms. The standard InChI is InChI=1S/C11H21N3O/c1-3-5-6-7-8-10-13-14-11(15-10)9(12)4-2/h9H,3-8,12H2,1-2H3. The first-order valence-corrected chi connectivity index (χ1v) is 5.85. The molecule has 1 unspecified atom stereocenters. The molecular weight excluding hydrogens is 190 g/mol. The second-order valence-electron chi connectivity index (χ2n) is 3.86. The van der Waals surface area contributed by atoms with E-state index in [9.17, 15) is 0 Å². The van der Waals surface area contributed by atoms with Gasteiger partial charge in [-0.05, 0) is 12.8 Å². The summed E-state index contributed by atoms with van der Waals surface area (Å²) in [7, 11) is 0. The molecule has 0 aliphatic rings. The summed E-state index contributed by atoms with van der Waals surface area (Å²) in [5.74, 6) is 1.30. The topological polar surface area (TPSA) is 64.9 Å². The van der Waals surface area contributed by atoms with Crippen molar-refractivity contribution in [2.24, 2.45) is 5.73 Å². The molecule has 0 radical (unpaired) electrons. The SMILES string of the molecule is CCCCCCc1nnc(C(N)CC)o1. The highest BCUT2D eigenvalue weighted by Crippen LogP contribution is 2.13. The molecule has 0 saturated heterocycles. The first kappa shape index (κ1) is 12.2. The summed E-state index contributed by atoms with van der Waals surface area (Å²) in [6.07, 6.45) is 6.58. The minimum Gasteiger partial charge on any atom is -0.424 e. The van der Waals surface area contributed by atoms with Crippen LogP contribution in [0, 0.1) is 0 Å². The molecule has 0 amide bonds. The largest absolute Gasteiger partial charge is 0.424 e. The normalized spacial score (nSPS) is 13.0. The van der Waals surface area contributed by atoms with Crippen LogP contribution in [0.1, 0.15) is 63.8 Å². The van der Waals surface area contributed by atoms with E-state index in [0.29, 0.717) is 5.89 Å². The van der Waals surface area contributed by atoms with E-state index < -0.39 is 0 Å². The molecule has 4 nitrogen and oxygen atoms in total. The van der Waals surface area contributed by atoms with E-state index in [1.54, 1.807) is 0 Å². The second kappa shape index (κ2) is 6.56. The number of aromatic nitrogens is 2. The molecule has 1 heterocycles. The molecule has 86 valence electrons. The molecule has 2 N–H and O–H groups in total. The number of hydrogen-bond acceptors (Lipinski definition) is 4. The first-order valence-electron chi connectivity index (χ1n) is 5.85. The quantitative estimate of drug-likeness (QED) is 0.704. The van der Waals surface area contributed by atoms with E-state index in [4.69, 9.17) is 10.2 Å². The lowest BCUT2D eigenvalue weighted by molar-refractivity contribution is 0.407. The molecular formula is C11H21N3O. The van der Waals surface area contributed by atoms with E-state index in [1.165, 1.54) is 19.3 Å². The fourth-order valence-corrected chi connectivity index (χ4v) is 1.40. The van der Waals surface area contributed by atoms with Gasteiger partial charge >= 0.3 is 0 Å². The summed E-state index contributed by atoms with van der Waals surface area (Å²) in [5.41, 5.74) is 5.79. The fraction of sp³-hybridized carbons (Fsp3) is 0.818. The van der Waals surface area contributed by atoms with Crippen molar-refractivity contribution in [3.05, 3.63) is 11.8 Å². The summed E-state index contributed by atoms with van der Waals surface area (Å²) in [6, 6.07) is -0.109. The third kappa shape index (κ3) is 4.00. The molecule has 0 fully saturated rings. The summed E-state index contributed by atoms with van der Waals surface area (Å²) in [6.45, 7) is 4.21. The lowest BCUT2D eigenvalue weighted by Crippen LogP contribution is -2.08. The third-order valence-electron chi connectivity index (χ3n) is 2.48. The minimum atomic E-state index is -0.109. The van der Waals surface area contributed by atoms with E-state index in [1.807, 2.05) is 6.92 Å². The van der Waals surface area contributed by atoms with Gasteiger partial charge in [0.1, 0.15) is 0 Å². The number of nitrogens with two attached hydrogens (primary N) is 1. The van der Waals surface area contributed by atoms with Crippen LogP contribution in [0.3, 0.4) is 0 Å². The Hall–Kier alpha value is -0.900. The van der Waals surface area contributed by atoms with Crippen molar-refractivity contribution < 1.29 is 4.42 Å². The zero-order valence-corrected chi connectivity index (χ0v) is 9.70. The number of rotatable bonds is 7. The number of unbranched alkanes of at least 4 members (excludes halogenated alkanes) is 3. The Morgan fingerprint density at radius 2 is 2.00 bits per heavy atom. The van der Waals surface area contributed by atoms with Crippen molar-refractivity contribution >= 4 is 0 Å². The van der Waals surface area contributed by atoms with Crippen LogP contribution in [0.25, 0.3) is 0 Å². The highest BCUT2D eigenvalue weighted by atomic mass is 16.4. The molecule has 1 rings (SSSR count). The molecule has 15 heavy (non-hydrogen) atoms. The van der Waals surface area contributed by atoms with E-state index in [-0.39, 0.29) is 6.04 Å². The number of aryl methyl sites for hydroxylation is 1. The van der Waals surface area contributed by atoms with Gasteiger partial charge in [-0.15, -0.1) is 10.2 Å². The molecule has 0 aliphatic heterocycles. The average Bonchev–Trinajstić information content (AvgIpc) is 2.72. The molecule has 1 aromatic heterocycles. The van der Waals surface area contributed by atoms with Crippen molar-refractivity contribution in [1.82, 2.24) is 10.2 Å². The highest BCUT2D eigenvalue weighted by molar-refractivity contribution is 4.87. The zero-order valence-electron chi connectivity index (χ0n) is 9.70. The second-order valence-corrected chi connectivity index (χ2v) is 3.86. The summed E-state index contributed by atoms with van der Waals surface area (Å²) < 4.78 is 5.47. The molecule has 0 bridgehead atoms. The van der Waals surface area contributed by atoms with Gasteiger partial charge in [0.25, 0.3) is 0 Å². The van der Waals surface area contributed by atoms with Crippen LogP contribution >= 0.6 is 0 Å². The van der Waals surface area contributed by atoms with Crippen LogP contribution < -0.4 is 5.73 Å². The maximum absolute atomic E-state index is 5.79. The maximum Gasteiger partial charge on any atom is 0.233 e. The van der Waals surface area contributed by atoms with Crippen LogP contribution in [0.4, 0.5) is 0 Å². The maximum atomic E-state index is 5.79. The molecule has 0 saturated carbocycles. The summed E-state index contributed by atoms with van der Waals surface area (Å²) in [5, 5.41) is 7.93. The van der Waals surface area contributed by atoms with Crippen molar-refractivity contribution in [1.29, 1.82) is 0 Å². The Morgan fingerprint density at radius 1 is 1.20 bits per heavy atom. The van der Waals surface area contributed by atoms with Gasteiger partial charge in [0.15, 0.2) is 0 Å². The van der Waals surface area contributed by atoms with Gasteiger partial charge in [-0.25, -0.2) is 0 Å². The van der Waals surface area contributed by atoms with Gasteiger partial charge < -0.3 is 10.2 Å². The van der Waals surface area contributed by atoms with Crippen LogP contribution in [0.5, 0.6) is 0 Å². The van der Waals surface area contributed by atoms with Gasteiger partial charge in [-0.2, -0.15) is 0 Å². The lowest BCUT2D eigenvalue weighted by Gasteiger charge is -2.00. The summed E-state index contributed by atoms with van der Waals surface area (Å²) >= 11 is 0. The van der Waals surface area contributed by atoms with Crippen LogP contribution in [-0.2, 0) is 6.42 Å².